The zero-order valence-electron chi connectivity index (χ0n) is 10.3. The topological polar surface area (TPSA) is 32.6 Å². The number of aromatic hydroxyl groups is 1. The van der Waals surface area contributed by atoms with Crippen molar-refractivity contribution in [2.24, 2.45) is 4.99 Å². The molecule has 90 valence electrons. The van der Waals surface area contributed by atoms with Gasteiger partial charge in [0.1, 0.15) is 5.75 Å². The van der Waals surface area contributed by atoms with Crippen molar-refractivity contribution >= 4 is 24.0 Å². The standard InChI is InChI=1S/C14H16ClNO/c1-9-7-10(2)14(13(17)8-9)12(16-4)6-5-11(3)15/h5-8,17H,4H2,1-3H3/b11-5+,12-6-. The predicted octanol–water partition coefficient (Wildman–Crippen LogP) is 4.19. The van der Waals surface area contributed by atoms with Crippen LogP contribution in [0.5, 0.6) is 5.75 Å². The van der Waals surface area contributed by atoms with Crippen LogP contribution in [0.1, 0.15) is 23.6 Å². The minimum Gasteiger partial charge on any atom is -0.507 e. The van der Waals surface area contributed by atoms with Gasteiger partial charge in [-0.05, 0) is 56.8 Å². The fourth-order valence-electron chi connectivity index (χ4n) is 1.69. The van der Waals surface area contributed by atoms with Crippen LogP contribution in [0.15, 0.2) is 34.3 Å². The highest BCUT2D eigenvalue weighted by Crippen LogP contribution is 2.30. The maximum Gasteiger partial charge on any atom is 0.125 e. The molecule has 0 aliphatic rings. The minimum absolute atomic E-state index is 0.210. The zero-order chi connectivity index (χ0) is 13.0. The average Bonchev–Trinajstić information content (AvgIpc) is 2.21. The van der Waals surface area contributed by atoms with E-state index in [-0.39, 0.29) is 5.75 Å². The molecule has 0 aromatic heterocycles. The molecule has 0 radical (unpaired) electrons. The number of hydrogen-bond acceptors (Lipinski definition) is 2. The first kappa shape index (κ1) is 13.5. The van der Waals surface area contributed by atoms with Crippen molar-refractivity contribution in [3.05, 3.63) is 46.0 Å². The van der Waals surface area contributed by atoms with Crippen LogP contribution >= 0.6 is 11.6 Å². The summed E-state index contributed by atoms with van der Waals surface area (Å²) in [6, 6.07) is 3.70. The van der Waals surface area contributed by atoms with Gasteiger partial charge in [-0.25, -0.2) is 0 Å². The third-order valence-electron chi connectivity index (χ3n) is 2.36. The van der Waals surface area contributed by atoms with Gasteiger partial charge in [0.05, 0.1) is 5.70 Å². The van der Waals surface area contributed by atoms with Crippen molar-refractivity contribution in [3.8, 4) is 5.75 Å². The minimum atomic E-state index is 0.210. The Kier molecular flexibility index (Phi) is 4.53. The van der Waals surface area contributed by atoms with Crippen LogP contribution in [-0.4, -0.2) is 11.8 Å². The lowest BCUT2D eigenvalue weighted by Crippen LogP contribution is -1.89. The van der Waals surface area contributed by atoms with E-state index in [0.29, 0.717) is 16.3 Å². The third-order valence-corrected chi connectivity index (χ3v) is 2.48. The first-order valence-electron chi connectivity index (χ1n) is 5.27. The Morgan fingerprint density at radius 2 is 2.00 bits per heavy atom. The molecule has 0 spiro atoms. The van der Waals surface area contributed by atoms with Gasteiger partial charge in [0.25, 0.3) is 0 Å². The van der Waals surface area contributed by atoms with E-state index in [1.165, 1.54) is 0 Å². The number of benzene rings is 1. The Labute approximate surface area is 107 Å². The molecule has 1 N–H and O–H groups in total. The van der Waals surface area contributed by atoms with Crippen molar-refractivity contribution in [2.45, 2.75) is 20.8 Å². The second-order valence-electron chi connectivity index (χ2n) is 3.94. The molecule has 2 nitrogen and oxygen atoms in total. The second-order valence-corrected chi connectivity index (χ2v) is 4.54. The Morgan fingerprint density at radius 1 is 1.35 bits per heavy atom. The molecule has 0 amide bonds. The maximum atomic E-state index is 9.96. The molecule has 0 saturated heterocycles. The van der Waals surface area contributed by atoms with E-state index in [1.54, 1.807) is 25.1 Å². The lowest BCUT2D eigenvalue weighted by atomic mass is 10.0. The van der Waals surface area contributed by atoms with Gasteiger partial charge in [-0.15, -0.1) is 0 Å². The highest BCUT2D eigenvalue weighted by molar-refractivity contribution is 6.29. The Balaban J connectivity index is 3.36. The van der Waals surface area contributed by atoms with E-state index >= 15 is 0 Å². The Morgan fingerprint density at radius 3 is 2.47 bits per heavy atom. The average molecular weight is 250 g/mol. The Bertz CT molecular complexity index is 474. The molecule has 0 fully saturated rings. The summed E-state index contributed by atoms with van der Waals surface area (Å²) in [5, 5.41) is 10.6. The zero-order valence-corrected chi connectivity index (χ0v) is 11.0. The van der Waals surface area contributed by atoms with Crippen molar-refractivity contribution in [1.29, 1.82) is 0 Å². The number of rotatable bonds is 3. The van der Waals surface area contributed by atoms with Gasteiger partial charge in [0, 0.05) is 10.6 Å². The summed E-state index contributed by atoms with van der Waals surface area (Å²) < 4.78 is 0. The largest absolute Gasteiger partial charge is 0.507 e. The number of nitrogens with zero attached hydrogens (tertiary/aromatic N) is 1. The summed E-state index contributed by atoms with van der Waals surface area (Å²) in [5.41, 5.74) is 3.28. The summed E-state index contributed by atoms with van der Waals surface area (Å²) in [5.74, 6) is 0.210. The lowest BCUT2D eigenvalue weighted by Gasteiger charge is -2.09. The predicted molar refractivity (Wildman–Crippen MR) is 74.7 cm³/mol. The van der Waals surface area contributed by atoms with Crippen molar-refractivity contribution in [3.63, 3.8) is 0 Å². The monoisotopic (exact) mass is 249 g/mol. The molecule has 17 heavy (non-hydrogen) atoms. The molecule has 0 aliphatic heterocycles. The van der Waals surface area contributed by atoms with Gasteiger partial charge in [-0.1, -0.05) is 17.7 Å². The van der Waals surface area contributed by atoms with Gasteiger partial charge < -0.3 is 5.11 Å². The smallest absolute Gasteiger partial charge is 0.125 e. The maximum absolute atomic E-state index is 9.96. The number of aliphatic imine (C=N–C) groups is 1. The van der Waals surface area contributed by atoms with Gasteiger partial charge in [-0.2, -0.15) is 0 Å². The highest BCUT2D eigenvalue weighted by atomic mass is 35.5. The van der Waals surface area contributed by atoms with Crippen molar-refractivity contribution in [1.82, 2.24) is 0 Å². The molecule has 0 bridgehead atoms. The molecule has 0 heterocycles. The fourth-order valence-corrected chi connectivity index (χ4v) is 1.75. The molecule has 0 saturated carbocycles. The number of hydrogen-bond donors (Lipinski definition) is 1. The first-order valence-corrected chi connectivity index (χ1v) is 5.65. The molecule has 1 aromatic carbocycles. The van der Waals surface area contributed by atoms with E-state index in [2.05, 4.69) is 11.7 Å². The normalized spacial score (nSPS) is 12.7. The summed E-state index contributed by atoms with van der Waals surface area (Å²) in [7, 11) is 0. The van der Waals surface area contributed by atoms with Crippen LogP contribution in [-0.2, 0) is 0 Å². The quantitative estimate of drug-likeness (QED) is 0.632. The second kappa shape index (κ2) is 5.69. The molecule has 1 aromatic rings. The van der Waals surface area contributed by atoms with Crippen molar-refractivity contribution < 1.29 is 5.11 Å². The van der Waals surface area contributed by atoms with E-state index in [1.807, 2.05) is 19.9 Å². The van der Waals surface area contributed by atoms with Gasteiger partial charge in [0.2, 0.25) is 0 Å². The van der Waals surface area contributed by atoms with E-state index in [0.717, 1.165) is 11.1 Å². The highest BCUT2D eigenvalue weighted by Gasteiger charge is 2.09. The molecule has 0 aliphatic carbocycles. The molecule has 3 heteroatoms. The number of aryl methyl sites for hydroxylation is 2. The van der Waals surface area contributed by atoms with Crippen LogP contribution in [0, 0.1) is 13.8 Å². The molecule has 0 atom stereocenters. The van der Waals surface area contributed by atoms with Gasteiger partial charge in [-0.3, -0.25) is 4.99 Å². The van der Waals surface area contributed by atoms with Gasteiger partial charge in [0.15, 0.2) is 0 Å². The Hall–Kier alpha value is -1.54. The van der Waals surface area contributed by atoms with Crippen LogP contribution in [0.25, 0.3) is 5.70 Å². The summed E-state index contributed by atoms with van der Waals surface area (Å²) in [6.07, 6.45) is 3.47. The molecule has 1 rings (SSSR count). The SMILES string of the molecule is C=N/C(=C\C=C(/C)Cl)c1c(C)cc(C)cc1O. The van der Waals surface area contributed by atoms with Crippen LogP contribution in [0.4, 0.5) is 0 Å². The summed E-state index contributed by atoms with van der Waals surface area (Å²) in [4.78, 5) is 3.93. The number of phenols is 1. The summed E-state index contributed by atoms with van der Waals surface area (Å²) >= 11 is 5.76. The molecular weight excluding hydrogens is 234 g/mol. The third kappa shape index (κ3) is 3.46. The van der Waals surface area contributed by atoms with Crippen LogP contribution in [0.3, 0.4) is 0 Å². The lowest BCUT2D eigenvalue weighted by molar-refractivity contribution is 0.472. The molecule has 0 unspecified atom stereocenters. The number of phenolic OH excluding ortho intramolecular Hbond substituents is 1. The van der Waals surface area contributed by atoms with Gasteiger partial charge >= 0.3 is 0 Å². The number of allylic oxidation sites excluding steroid dienone is 3. The van der Waals surface area contributed by atoms with E-state index in [4.69, 9.17) is 11.6 Å². The first-order chi connectivity index (χ1) is 7.95. The molecular formula is C14H16ClNO. The van der Waals surface area contributed by atoms with E-state index < -0.39 is 0 Å². The van der Waals surface area contributed by atoms with Crippen LogP contribution in [0.2, 0.25) is 0 Å². The van der Waals surface area contributed by atoms with E-state index in [9.17, 15) is 5.11 Å². The number of halogens is 1. The van der Waals surface area contributed by atoms with Crippen molar-refractivity contribution in [2.75, 3.05) is 0 Å². The summed E-state index contributed by atoms with van der Waals surface area (Å²) in [6.45, 7) is 9.16. The van der Waals surface area contributed by atoms with Crippen LogP contribution < -0.4 is 0 Å². The fraction of sp³-hybridized carbons (Fsp3) is 0.214.